The number of sulfonamides is 1. The lowest BCUT2D eigenvalue weighted by molar-refractivity contribution is 0.0950. The van der Waals surface area contributed by atoms with Gasteiger partial charge in [0.1, 0.15) is 17.3 Å². The monoisotopic (exact) mass is 497 g/mol. The normalized spacial score (nSPS) is 13.2. The summed E-state index contributed by atoms with van der Waals surface area (Å²) in [5.74, 6) is 0.886. The van der Waals surface area contributed by atoms with Gasteiger partial charge in [-0.1, -0.05) is 6.07 Å². The van der Waals surface area contributed by atoms with Crippen molar-refractivity contribution in [2.75, 3.05) is 14.2 Å². The summed E-state index contributed by atoms with van der Waals surface area (Å²) < 4.78 is 44.5. The maximum Gasteiger partial charge on any atom is 0.251 e. The number of nitrogens with one attached hydrogen (secondary N) is 2. The molecule has 1 amide bonds. The third-order valence-electron chi connectivity index (χ3n) is 5.44. The molecule has 1 fully saturated rings. The second-order valence-electron chi connectivity index (χ2n) is 8.07. The summed E-state index contributed by atoms with van der Waals surface area (Å²) >= 11 is 0. The molecular formula is C25H27N3O6S. The number of ether oxygens (including phenoxy) is 3. The van der Waals surface area contributed by atoms with Crippen LogP contribution in [-0.4, -0.2) is 39.6 Å². The lowest BCUT2D eigenvalue weighted by Gasteiger charge is -2.14. The zero-order valence-electron chi connectivity index (χ0n) is 19.5. The van der Waals surface area contributed by atoms with Crippen LogP contribution in [0.25, 0.3) is 0 Å². The van der Waals surface area contributed by atoms with Gasteiger partial charge in [-0.15, -0.1) is 0 Å². The van der Waals surface area contributed by atoms with Crippen molar-refractivity contribution in [1.82, 2.24) is 15.0 Å². The number of amides is 1. The second kappa shape index (κ2) is 10.7. The summed E-state index contributed by atoms with van der Waals surface area (Å²) in [6, 6.07) is 13.4. The quantitative estimate of drug-likeness (QED) is 0.418. The molecule has 9 nitrogen and oxygen atoms in total. The Kier molecular flexibility index (Phi) is 7.52. The third-order valence-corrected chi connectivity index (χ3v) is 6.98. The van der Waals surface area contributed by atoms with E-state index in [2.05, 4.69) is 15.0 Å². The molecule has 0 bridgehead atoms. The predicted molar refractivity (Wildman–Crippen MR) is 129 cm³/mol. The number of nitrogens with zero attached hydrogens (tertiary/aromatic N) is 1. The molecule has 1 aromatic heterocycles. The average molecular weight is 498 g/mol. The fraction of sp³-hybridized carbons (Fsp3) is 0.280. The smallest absolute Gasteiger partial charge is 0.251 e. The van der Waals surface area contributed by atoms with Crippen molar-refractivity contribution in [3.05, 3.63) is 77.6 Å². The van der Waals surface area contributed by atoms with E-state index in [1.807, 2.05) is 18.2 Å². The van der Waals surface area contributed by atoms with Crippen molar-refractivity contribution < 1.29 is 27.4 Å². The van der Waals surface area contributed by atoms with Crippen molar-refractivity contribution in [2.45, 2.75) is 36.9 Å². The summed E-state index contributed by atoms with van der Waals surface area (Å²) in [5, 5.41) is 2.81. The molecule has 1 heterocycles. The zero-order valence-corrected chi connectivity index (χ0v) is 20.3. The first kappa shape index (κ1) is 24.5. The molecular weight excluding hydrogens is 470 g/mol. The molecule has 4 rings (SSSR count). The van der Waals surface area contributed by atoms with Crippen molar-refractivity contribution in [2.24, 2.45) is 0 Å². The Morgan fingerprint density at radius 2 is 1.66 bits per heavy atom. The summed E-state index contributed by atoms with van der Waals surface area (Å²) in [6.07, 6.45) is 5.01. The van der Waals surface area contributed by atoms with Crippen LogP contribution in [0.2, 0.25) is 0 Å². The standard InChI is InChI=1S/C25H27N3O6S/c1-32-22-8-4-19(14-24(22)35(30,31)28-20-5-6-20)25(29)27-15-18-3-7-21(23(13-18)33-2)34-16-17-9-11-26-12-10-17/h3-4,7-14,20,28H,5-6,15-16H2,1-2H3,(H,27,29). The van der Waals surface area contributed by atoms with Crippen molar-refractivity contribution in [1.29, 1.82) is 0 Å². The molecule has 0 radical (unpaired) electrons. The van der Waals surface area contributed by atoms with Crippen LogP contribution in [0.3, 0.4) is 0 Å². The first-order valence-electron chi connectivity index (χ1n) is 11.1. The number of hydrogen-bond donors (Lipinski definition) is 2. The number of carbonyl (C=O) groups is 1. The molecule has 1 aliphatic carbocycles. The van der Waals surface area contributed by atoms with Crippen molar-refractivity contribution >= 4 is 15.9 Å². The molecule has 2 aromatic carbocycles. The number of methoxy groups -OCH3 is 2. The van der Waals surface area contributed by atoms with Gasteiger partial charge in [0, 0.05) is 30.5 Å². The van der Waals surface area contributed by atoms with Gasteiger partial charge >= 0.3 is 0 Å². The molecule has 1 saturated carbocycles. The van der Waals surface area contributed by atoms with Gasteiger partial charge in [0.25, 0.3) is 5.91 Å². The molecule has 184 valence electrons. The lowest BCUT2D eigenvalue weighted by Crippen LogP contribution is -2.27. The minimum atomic E-state index is -3.79. The molecule has 0 atom stereocenters. The van der Waals surface area contributed by atoms with Gasteiger partial charge < -0.3 is 19.5 Å². The van der Waals surface area contributed by atoms with E-state index in [-0.39, 0.29) is 28.8 Å². The molecule has 2 N–H and O–H groups in total. The maximum absolute atomic E-state index is 12.8. The van der Waals surface area contributed by atoms with Crippen molar-refractivity contribution in [3.63, 3.8) is 0 Å². The molecule has 0 spiro atoms. The Balaban J connectivity index is 1.42. The van der Waals surface area contributed by atoms with E-state index in [1.54, 1.807) is 31.6 Å². The SMILES string of the molecule is COc1cc(CNC(=O)c2ccc(OC)c(S(=O)(=O)NC3CC3)c2)ccc1OCc1ccncc1. The van der Waals surface area contributed by atoms with Gasteiger partial charge in [-0.25, -0.2) is 13.1 Å². The van der Waals surface area contributed by atoms with Crippen LogP contribution in [0.5, 0.6) is 17.2 Å². The Bertz CT molecular complexity index is 1290. The summed E-state index contributed by atoms with van der Waals surface area (Å²) in [6.45, 7) is 0.585. The van der Waals surface area contributed by atoms with Crippen LogP contribution in [0.1, 0.15) is 34.3 Å². The minimum Gasteiger partial charge on any atom is -0.495 e. The highest BCUT2D eigenvalue weighted by molar-refractivity contribution is 7.89. The van der Waals surface area contributed by atoms with E-state index in [9.17, 15) is 13.2 Å². The lowest BCUT2D eigenvalue weighted by atomic mass is 10.1. The number of rotatable bonds is 11. The Labute approximate surface area is 204 Å². The Morgan fingerprint density at radius 1 is 0.943 bits per heavy atom. The van der Waals surface area contributed by atoms with Crippen molar-refractivity contribution in [3.8, 4) is 17.2 Å². The van der Waals surface area contributed by atoms with E-state index in [1.165, 1.54) is 25.3 Å². The van der Waals surface area contributed by atoms with Crippen LogP contribution < -0.4 is 24.2 Å². The largest absolute Gasteiger partial charge is 0.495 e. The number of benzene rings is 2. The fourth-order valence-corrected chi connectivity index (χ4v) is 4.88. The molecule has 3 aromatic rings. The molecule has 0 saturated heterocycles. The van der Waals surface area contributed by atoms with Crippen LogP contribution in [0, 0.1) is 0 Å². The summed E-state index contributed by atoms with van der Waals surface area (Å²) in [7, 11) is -0.852. The average Bonchev–Trinajstić information content (AvgIpc) is 3.69. The Morgan fingerprint density at radius 3 is 2.34 bits per heavy atom. The van der Waals surface area contributed by atoms with Gasteiger partial charge in [-0.3, -0.25) is 9.78 Å². The highest BCUT2D eigenvalue weighted by atomic mass is 32.2. The van der Waals surface area contributed by atoms with Crippen LogP contribution >= 0.6 is 0 Å². The molecule has 0 aliphatic heterocycles. The number of aromatic nitrogens is 1. The number of hydrogen-bond acceptors (Lipinski definition) is 7. The second-order valence-corrected chi connectivity index (χ2v) is 9.76. The van der Waals surface area contributed by atoms with Gasteiger partial charge in [0.15, 0.2) is 11.5 Å². The number of carbonyl (C=O) groups excluding carboxylic acids is 1. The minimum absolute atomic E-state index is 0.0584. The molecule has 10 heteroatoms. The first-order valence-corrected chi connectivity index (χ1v) is 12.5. The van der Waals surface area contributed by atoms with Gasteiger partial charge in [0.05, 0.1) is 14.2 Å². The highest BCUT2D eigenvalue weighted by Crippen LogP contribution is 2.30. The van der Waals surface area contributed by atoms with Gasteiger partial charge in [0.2, 0.25) is 10.0 Å². The van der Waals surface area contributed by atoms with E-state index in [0.29, 0.717) is 18.1 Å². The fourth-order valence-electron chi connectivity index (χ4n) is 3.38. The maximum atomic E-state index is 12.8. The van der Waals surface area contributed by atoms with Gasteiger partial charge in [-0.2, -0.15) is 0 Å². The topological polar surface area (TPSA) is 116 Å². The van der Waals surface area contributed by atoms with Crippen LogP contribution in [0.4, 0.5) is 0 Å². The first-order chi connectivity index (χ1) is 16.9. The zero-order chi connectivity index (χ0) is 24.8. The summed E-state index contributed by atoms with van der Waals surface area (Å²) in [5.41, 5.74) is 1.99. The van der Waals surface area contributed by atoms with E-state index in [4.69, 9.17) is 14.2 Å². The van der Waals surface area contributed by atoms with Crippen LogP contribution in [0.15, 0.2) is 65.8 Å². The predicted octanol–water partition coefficient (Wildman–Crippen LogP) is 3.05. The van der Waals surface area contributed by atoms with Gasteiger partial charge in [-0.05, 0) is 66.4 Å². The van der Waals surface area contributed by atoms with Crippen LogP contribution in [-0.2, 0) is 23.2 Å². The molecule has 1 aliphatic rings. The van der Waals surface area contributed by atoms with E-state index in [0.717, 1.165) is 24.0 Å². The summed E-state index contributed by atoms with van der Waals surface area (Å²) in [4.78, 5) is 16.7. The number of pyridine rings is 1. The van der Waals surface area contributed by atoms with E-state index < -0.39 is 15.9 Å². The molecule has 0 unspecified atom stereocenters. The highest BCUT2D eigenvalue weighted by Gasteiger charge is 2.30. The third kappa shape index (κ3) is 6.28. The van der Waals surface area contributed by atoms with E-state index >= 15 is 0 Å². The molecule has 35 heavy (non-hydrogen) atoms. The Hall–Kier alpha value is -3.63.